The van der Waals surface area contributed by atoms with Crippen LogP contribution in [-0.2, 0) is 4.79 Å². The van der Waals surface area contributed by atoms with Crippen molar-refractivity contribution in [2.45, 2.75) is 5.16 Å². The number of benzene rings is 2. The topological polar surface area (TPSA) is 70.7 Å². The number of thioether (sulfide) groups is 1. The van der Waals surface area contributed by atoms with E-state index < -0.39 is 5.82 Å². The fourth-order valence-corrected chi connectivity index (χ4v) is 3.31. The molecular weight excluding hydrogens is 431 g/mol. The lowest BCUT2D eigenvalue weighted by Gasteiger charge is -2.06. The minimum absolute atomic E-state index is 0.0982. The van der Waals surface area contributed by atoms with Gasteiger partial charge in [-0.25, -0.2) is 9.37 Å². The monoisotopic (exact) mass is 440 g/mol. The van der Waals surface area contributed by atoms with Gasteiger partial charge in [0.2, 0.25) is 11.1 Å². The van der Waals surface area contributed by atoms with Crippen molar-refractivity contribution in [3.8, 4) is 11.4 Å². The molecule has 3 rings (SSSR count). The van der Waals surface area contributed by atoms with Crippen LogP contribution in [0.25, 0.3) is 11.4 Å². The van der Waals surface area contributed by atoms with E-state index >= 15 is 0 Å². The standard InChI is InChI=1S/C16H11BrClFN4OS/c17-9-5-6-13(11(18)7-9)20-14(24)8-25-16-21-15(22-23-16)10-3-1-2-4-12(10)19/h1-7H,8H2,(H,20,24)(H,21,22,23). The summed E-state index contributed by atoms with van der Waals surface area (Å²) < 4.78 is 14.6. The average molecular weight is 442 g/mol. The van der Waals surface area contributed by atoms with Crippen LogP contribution in [0.4, 0.5) is 10.1 Å². The summed E-state index contributed by atoms with van der Waals surface area (Å²) in [5.74, 6) is -0.220. The van der Waals surface area contributed by atoms with Gasteiger partial charge in [0.1, 0.15) is 5.82 Å². The third kappa shape index (κ3) is 4.59. The maximum Gasteiger partial charge on any atom is 0.234 e. The molecule has 0 fully saturated rings. The molecule has 0 atom stereocenters. The quantitative estimate of drug-likeness (QED) is 0.560. The summed E-state index contributed by atoms with van der Waals surface area (Å²) >= 11 is 10.5. The van der Waals surface area contributed by atoms with Crippen molar-refractivity contribution in [1.82, 2.24) is 15.2 Å². The summed E-state index contributed by atoms with van der Waals surface area (Å²) in [6.07, 6.45) is 0. The highest BCUT2D eigenvalue weighted by molar-refractivity contribution is 9.10. The number of carbonyl (C=O) groups excluding carboxylic acids is 1. The number of aromatic amines is 1. The largest absolute Gasteiger partial charge is 0.324 e. The van der Waals surface area contributed by atoms with E-state index in [9.17, 15) is 9.18 Å². The Morgan fingerprint density at radius 2 is 2.12 bits per heavy atom. The van der Waals surface area contributed by atoms with E-state index in [-0.39, 0.29) is 11.7 Å². The molecule has 2 aromatic carbocycles. The van der Waals surface area contributed by atoms with Crippen LogP contribution < -0.4 is 5.32 Å². The van der Waals surface area contributed by atoms with Crippen LogP contribution in [0.1, 0.15) is 0 Å². The second kappa shape index (κ2) is 7.99. The molecule has 1 heterocycles. The van der Waals surface area contributed by atoms with Crippen LogP contribution >= 0.6 is 39.3 Å². The highest BCUT2D eigenvalue weighted by Gasteiger charge is 2.12. The summed E-state index contributed by atoms with van der Waals surface area (Å²) in [6.45, 7) is 0. The van der Waals surface area contributed by atoms with Crippen molar-refractivity contribution in [1.29, 1.82) is 0 Å². The summed E-state index contributed by atoms with van der Waals surface area (Å²) in [6, 6.07) is 11.4. The maximum atomic E-state index is 13.7. The molecule has 1 aromatic heterocycles. The number of rotatable bonds is 5. The van der Waals surface area contributed by atoms with Gasteiger partial charge < -0.3 is 5.32 Å². The highest BCUT2D eigenvalue weighted by Crippen LogP contribution is 2.26. The molecule has 3 aromatic rings. The first-order chi connectivity index (χ1) is 12.0. The van der Waals surface area contributed by atoms with Crippen molar-refractivity contribution in [3.05, 3.63) is 57.8 Å². The van der Waals surface area contributed by atoms with E-state index in [0.29, 0.717) is 27.3 Å². The zero-order valence-electron chi connectivity index (χ0n) is 12.6. The number of aromatic nitrogens is 3. The Labute approximate surface area is 160 Å². The van der Waals surface area contributed by atoms with Gasteiger partial charge in [0, 0.05) is 4.47 Å². The number of hydrogen-bond donors (Lipinski definition) is 2. The highest BCUT2D eigenvalue weighted by atomic mass is 79.9. The molecule has 0 unspecified atom stereocenters. The lowest BCUT2D eigenvalue weighted by atomic mass is 10.2. The molecule has 1 amide bonds. The Kier molecular flexibility index (Phi) is 5.72. The molecule has 9 heteroatoms. The zero-order valence-corrected chi connectivity index (χ0v) is 15.8. The molecule has 0 aliphatic heterocycles. The SMILES string of the molecule is O=C(CSc1n[nH]c(-c2ccccc2F)n1)Nc1ccc(Br)cc1Cl. The molecule has 0 saturated carbocycles. The molecule has 0 aliphatic carbocycles. The number of hydrogen-bond acceptors (Lipinski definition) is 4. The summed E-state index contributed by atoms with van der Waals surface area (Å²) in [5, 5.41) is 10.2. The van der Waals surface area contributed by atoms with Gasteiger partial charge in [-0.2, -0.15) is 0 Å². The molecule has 0 saturated heterocycles. The van der Waals surface area contributed by atoms with E-state index in [1.54, 1.807) is 36.4 Å². The number of H-pyrrole nitrogens is 1. The Hall–Kier alpha value is -1.90. The van der Waals surface area contributed by atoms with Crippen LogP contribution in [0.15, 0.2) is 52.1 Å². The van der Waals surface area contributed by atoms with Crippen LogP contribution in [0.3, 0.4) is 0 Å². The minimum atomic E-state index is -0.391. The Balaban J connectivity index is 1.60. The molecule has 0 bridgehead atoms. The van der Waals surface area contributed by atoms with E-state index in [1.165, 1.54) is 6.07 Å². The van der Waals surface area contributed by atoms with Crippen molar-refractivity contribution in [2.75, 3.05) is 11.1 Å². The van der Waals surface area contributed by atoms with Crippen molar-refractivity contribution >= 4 is 50.9 Å². The molecule has 0 aliphatic rings. The minimum Gasteiger partial charge on any atom is -0.324 e. The smallest absolute Gasteiger partial charge is 0.234 e. The van der Waals surface area contributed by atoms with Gasteiger partial charge in [-0.1, -0.05) is 51.4 Å². The fourth-order valence-electron chi connectivity index (χ4n) is 1.99. The van der Waals surface area contributed by atoms with E-state index in [1.807, 2.05) is 0 Å². The lowest BCUT2D eigenvalue weighted by molar-refractivity contribution is -0.113. The number of nitrogens with one attached hydrogen (secondary N) is 2. The predicted octanol–water partition coefficient (Wildman–Crippen LogP) is 4.76. The van der Waals surface area contributed by atoms with E-state index in [4.69, 9.17) is 11.6 Å². The first kappa shape index (κ1) is 17.9. The molecular formula is C16H11BrClFN4OS. The molecule has 25 heavy (non-hydrogen) atoms. The maximum absolute atomic E-state index is 13.7. The van der Waals surface area contributed by atoms with Crippen LogP contribution in [0.2, 0.25) is 5.02 Å². The van der Waals surface area contributed by atoms with Gasteiger partial charge >= 0.3 is 0 Å². The number of amides is 1. The Morgan fingerprint density at radius 3 is 2.88 bits per heavy atom. The molecule has 0 radical (unpaired) electrons. The van der Waals surface area contributed by atoms with Gasteiger partial charge in [-0.05, 0) is 30.3 Å². The van der Waals surface area contributed by atoms with E-state index in [0.717, 1.165) is 16.2 Å². The number of carbonyl (C=O) groups is 1. The van der Waals surface area contributed by atoms with Gasteiger partial charge in [-0.3, -0.25) is 9.89 Å². The van der Waals surface area contributed by atoms with Crippen LogP contribution in [-0.4, -0.2) is 26.8 Å². The van der Waals surface area contributed by atoms with Crippen LogP contribution in [0, 0.1) is 5.82 Å². The summed E-state index contributed by atoms with van der Waals surface area (Å²) in [4.78, 5) is 16.2. The molecule has 5 nitrogen and oxygen atoms in total. The number of halogens is 3. The van der Waals surface area contributed by atoms with Crippen molar-refractivity contribution < 1.29 is 9.18 Å². The molecule has 2 N–H and O–H groups in total. The molecule has 0 spiro atoms. The van der Waals surface area contributed by atoms with Gasteiger partial charge in [-0.15, -0.1) is 5.10 Å². The zero-order chi connectivity index (χ0) is 17.8. The van der Waals surface area contributed by atoms with Crippen molar-refractivity contribution in [2.24, 2.45) is 0 Å². The number of nitrogens with zero attached hydrogens (tertiary/aromatic N) is 2. The first-order valence-corrected chi connectivity index (χ1v) is 9.23. The van der Waals surface area contributed by atoms with Gasteiger partial charge in [0.15, 0.2) is 5.82 Å². The third-order valence-electron chi connectivity index (χ3n) is 3.13. The average Bonchev–Trinajstić information content (AvgIpc) is 3.05. The second-order valence-electron chi connectivity index (χ2n) is 4.91. The third-order valence-corrected chi connectivity index (χ3v) is 4.78. The van der Waals surface area contributed by atoms with Gasteiger partial charge in [0.25, 0.3) is 0 Å². The van der Waals surface area contributed by atoms with Gasteiger partial charge in [0.05, 0.1) is 22.0 Å². The second-order valence-corrected chi connectivity index (χ2v) is 7.17. The summed E-state index contributed by atoms with van der Waals surface area (Å²) in [7, 11) is 0. The number of anilines is 1. The van der Waals surface area contributed by atoms with E-state index in [2.05, 4.69) is 36.4 Å². The summed E-state index contributed by atoms with van der Waals surface area (Å²) in [5.41, 5.74) is 0.852. The normalized spacial score (nSPS) is 10.7. The predicted molar refractivity (Wildman–Crippen MR) is 100 cm³/mol. The molecule has 128 valence electrons. The first-order valence-electron chi connectivity index (χ1n) is 7.08. The van der Waals surface area contributed by atoms with Crippen LogP contribution in [0.5, 0.6) is 0 Å². The Morgan fingerprint density at radius 1 is 1.32 bits per heavy atom. The fraction of sp³-hybridized carbons (Fsp3) is 0.0625. The lowest BCUT2D eigenvalue weighted by Crippen LogP contribution is -2.14. The van der Waals surface area contributed by atoms with Crippen molar-refractivity contribution in [3.63, 3.8) is 0 Å². The Bertz CT molecular complexity index is 921.